The molecule has 0 amide bonds. The van der Waals surface area contributed by atoms with E-state index in [0.29, 0.717) is 24.7 Å². The van der Waals surface area contributed by atoms with Crippen LogP contribution in [0.25, 0.3) is 0 Å². The molecule has 0 aromatic carbocycles. The van der Waals surface area contributed by atoms with E-state index in [4.69, 9.17) is 8.94 Å². The Kier molecular flexibility index (Phi) is 3.14. The molecule has 2 aromatic heterocycles. The average molecular weight is 207 g/mol. The summed E-state index contributed by atoms with van der Waals surface area (Å²) in [6.07, 6.45) is 3.16. The van der Waals surface area contributed by atoms with Gasteiger partial charge in [0.1, 0.15) is 5.76 Å². The molecule has 1 N–H and O–H groups in total. The van der Waals surface area contributed by atoms with Crippen LogP contribution in [0.4, 0.5) is 0 Å². The van der Waals surface area contributed by atoms with Gasteiger partial charge >= 0.3 is 0 Å². The number of hydrogen-bond acceptors (Lipinski definition) is 5. The molecule has 0 unspecified atom stereocenters. The van der Waals surface area contributed by atoms with Crippen molar-refractivity contribution in [3.63, 3.8) is 0 Å². The summed E-state index contributed by atoms with van der Waals surface area (Å²) in [5.74, 6) is 2.27. The van der Waals surface area contributed by atoms with E-state index in [1.807, 2.05) is 19.2 Å². The zero-order valence-corrected chi connectivity index (χ0v) is 8.56. The zero-order valence-electron chi connectivity index (χ0n) is 8.56. The molecule has 0 bridgehead atoms. The molecule has 80 valence electrons. The van der Waals surface area contributed by atoms with Crippen LogP contribution in [0.5, 0.6) is 0 Å². The van der Waals surface area contributed by atoms with Gasteiger partial charge in [0.25, 0.3) is 0 Å². The van der Waals surface area contributed by atoms with E-state index in [-0.39, 0.29) is 0 Å². The summed E-state index contributed by atoms with van der Waals surface area (Å²) in [5.41, 5.74) is 0. The number of rotatable bonds is 5. The van der Waals surface area contributed by atoms with E-state index in [0.717, 1.165) is 12.2 Å². The molecule has 5 nitrogen and oxygen atoms in total. The number of aromatic nitrogens is 2. The Labute approximate surface area is 87.5 Å². The average Bonchev–Trinajstić information content (AvgIpc) is 2.85. The van der Waals surface area contributed by atoms with Crippen molar-refractivity contribution in [1.82, 2.24) is 15.5 Å². The molecule has 15 heavy (non-hydrogen) atoms. The number of nitrogens with zero attached hydrogens (tertiary/aromatic N) is 2. The Bertz CT molecular complexity index is 394. The van der Waals surface area contributed by atoms with Gasteiger partial charge in [0.05, 0.1) is 12.8 Å². The van der Waals surface area contributed by atoms with Gasteiger partial charge in [-0.15, -0.1) is 0 Å². The Balaban J connectivity index is 1.88. The second-order valence-corrected chi connectivity index (χ2v) is 3.21. The second-order valence-electron chi connectivity index (χ2n) is 3.21. The standard InChI is InChI=1S/C10H13N3O2/c1-11-7-9-12-10(15-13-9)5-4-8-3-2-6-14-8/h2-3,6,11H,4-5,7H2,1H3. The van der Waals surface area contributed by atoms with Crippen molar-refractivity contribution in [2.45, 2.75) is 19.4 Å². The summed E-state index contributed by atoms with van der Waals surface area (Å²) in [5, 5.41) is 6.79. The van der Waals surface area contributed by atoms with E-state index in [9.17, 15) is 0 Å². The molecule has 0 atom stereocenters. The van der Waals surface area contributed by atoms with Crippen LogP contribution in [0.2, 0.25) is 0 Å². The summed E-state index contributed by atoms with van der Waals surface area (Å²) in [6, 6.07) is 3.81. The van der Waals surface area contributed by atoms with Crippen LogP contribution in [0.3, 0.4) is 0 Å². The topological polar surface area (TPSA) is 64.1 Å². The quantitative estimate of drug-likeness (QED) is 0.797. The van der Waals surface area contributed by atoms with Gasteiger partial charge < -0.3 is 14.3 Å². The molecule has 2 aromatic rings. The Hall–Kier alpha value is -1.62. The highest BCUT2D eigenvalue weighted by atomic mass is 16.5. The highest BCUT2D eigenvalue weighted by Gasteiger charge is 2.06. The Morgan fingerprint density at radius 1 is 1.40 bits per heavy atom. The van der Waals surface area contributed by atoms with Crippen molar-refractivity contribution < 1.29 is 8.94 Å². The lowest BCUT2D eigenvalue weighted by molar-refractivity contribution is 0.368. The van der Waals surface area contributed by atoms with Gasteiger partial charge in [-0.05, 0) is 19.2 Å². The molecule has 0 aliphatic heterocycles. The van der Waals surface area contributed by atoms with E-state index in [1.165, 1.54) is 0 Å². The third-order valence-corrected chi connectivity index (χ3v) is 2.01. The van der Waals surface area contributed by atoms with Gasteiger partial charge in [0.2, 0.25) is 5.89 Å². The highest BCUT2D eigenvalue weighted by molar-refractivity contribution is 5.00. The lowest BCUT2D eigenvalue weighted by Gasteiger charge is -1.91. The van der Waals surface area contributed by atoms with Crippen LogP contribution in [0.15, 0.2) is 27.3 Å². The molecule has 2 rings (SSSR count). The molecule has 0 aliphatic rings. The molecular weight excluding hydrogens is 194 g/mol. The van der Waals surface area contributed by atoms with E-state index in [1.54, 1.807) is 6.26 Å². The van der Waals surface area contributed by atoms with Crippen LogP contribution < -0.4 is 5.32 Å². The van der Waals surface area contributed by atoms with E-state index < -0.39 is 0 Å². The van der Waals surface area contributed by atoms with Crippen molar-refractivity contribution in [2.24, 2.45) is 0 Å². The molecule has 0 saturated heterocycles. The first-order valence-electron chi connectivity index (χ1n) is 4.87. The van der Waals surface area contributed by atoms with Crippen LogP contribution in [-0.4, -0.2) is 17.2 Å². The minimum atomic E-state index is 0.629. The minimum absolute atomic E-state index is 0.629. The fraction of sp³-hybridized carbons (Fsp3) is 0.400. The molecule has 2 heterocycles. The summed E-state index contributed by atoms with van der Waals surface area (Å²) < 4.78 is 10.3. The smallest absolute Gasteiger partial charge is 0.227 e. The Morgan fingerprint density at radius 3 is 3.07 bits per heavy atom. The van der Waals surface area contributed by atoms with Crippen molar-refractivity contribution in [2.75, 3.05) is 7.05 Å². The van der Waals surface area contributed by atoms with E-state index in [2.05, 4.69) is 15.5 Å². The maximum atomic E-state index is 5.21. The fourth-order valence-electron chi connectivity index (χ4n) is 1.31. The van der Waals surface area contributed by atoms with Crippen LogP contribution >= 0.6 is 0 Å². The Morgan fingerprint density at radius 2 is 2.33 bits per heavy atom. The third-order valence-electron chi connectivity index (χ3n) is 2.01. The fourth-order valence-corrected chi connectivity index (χ4v) is 1.31. The van der Waals surface area contributed by atoms with Crippen molar-refractivity contribution in [3.8, 4) is 0 Å². The highest BCUT2D eigenvalue weighted by Crippen LogP contribution is 2.06. The normalized spacial score (nSPS) is 10.7. The zero-order chi connectivity index (χ0) is 10.5. The first-order valence-corrected chi connectivity index (χ1v) is 4.87. The predicted molar refractivity (Wildman–Crippen MR) is 53.2 cm³/mol. The largest absolute Gasteiger partial charge is 0.469 e. The minimum Gasteiger partial charge on any atom is -0.469 e. The summed E-state index contributed by atoms with van der Waals surface area (Å²) >= 11 is 0. The summed E-state index contributed by atoms with van der Waals surface area (Å²) in [4.78, 5) is 4.22. The van der Waals surface area contributed by atoms with Crippen molar-refractivity contribution in [1.29, 1.82) is 0 Å². The lowest BCUT2D eigenvalue weighted by Crippen LogP contribution is -2.06. The van der Waals surface area contributed by atoms with E-state index >= 15 is 0 Å². The van der Waals surface area contributed by atoms with Crippen LogP contribution in [0, 0.1) is 0 Å². The third kappa shape index (κ3) is 2.66. The predicted octanol–water partition coefficient (Wildman–Crippen LogP) is 1.17. The van der Waals surface area contributed by atoms with Gasteiger partial charge in [0.15, 0.2) is 5.82 Å². The first-order chi connectivity index (χ1) is 7.38. The van der Waals surface area contributed by atoms with Crippen molar-refractivity contribution >= 4 is 0 Å². The lowest BCUT2D eigenvalue weighted by atomic mass is 10.2. The van der Waals surface area contributed by atoms with Crippen LogP contribution in [-0.2, 0) is 19.4 Å². The van der Waals surface area contributed by atoms with Gasteiger partial charge in [-0.25, -0.2) is 0 Å². The molecule has 5 heteroatoms. The number of aryl methyl sites for hydroxylation is 2. The molecule has 0 aliphatic carbocycles. The number of nitrogens with one attached hydrogen (secondary N) is 1. The maximum absolute atomic E-state index is 5.21. The van der Waals surface area contributed by atoms with Gasteiger partial charge in [-0.3, -0.25) is 0 Å². The molecule has 0 spiro atoms. The summed E-state index contributed by atoms with van der Waals surface area (Å²) in [6.45, 7) is 0.629. The van der Waals surface area contributed by atoms with Gasteiger partial charge in [0, 0.05) is 12.8 Å². The number of hydrogen-bond donors (Lipinski definition) is 1. The molecular formula is C10H13N3O2. The number of furan rings is 1. The van der Waals surface area contributed by atoms with Gasteiger partial charge in [-0.2, -0.15) is 4.98 Å². The first kappa shape index (κ1) is 9.92. The SMILES string of the molecule is CNCc1noc(CCc2ccco2)n1. The molecule has 0 saturated carbocycles. The van der Waals surface area contributed by atoms with Crippen LogP contribution in [0.1, 0.15) is 17.5 Å². The second kappa shape index (κ2) is 4.75. The monoisotopic (exact) mass is 207 g/mol. The maximum Gasteiger partial charge on any atom is 0.227 e. The summed E-state index contributed by atoms with van der Waals surface area (Å²) in [7, 11) is 1.85. The molecule has 0 radical (unpaired) electrons. The van der Waals surface area contributed by atoms with Crippen molar-refractivity contribution in [3.05, 3.63) is 35.9 Å². The molecule has 0 fully saturated rings. The van der Waals surface area contributed by atoms with Gasteiger partial charge in [-0.1, -0.05) is 5.16 Å².